The van der Waals surface area contributed by atoms with Gasteiger partial charge in [-0.15, -0.1) is 0 Å². The van der Waals surface area contributed by atoms with Crippen LogP contribution < -0.4 is 10.6 Å². The normalized spacial score (nSPS) is 12.1. The Morgan fingerprint density at radius 1 is 1.10 bits per heavy atom. The highest BCUT2D eigenvalue weighted by molar-refractivity contribution is 5.74. The fourth-order valence-corrected chi connectivity index (χ4v) is 3.14. The van der Waals surface area contributed by atoms with Crippen LogP contribution >= 0.6 is 0 Å². The fraction of sp³-hybridized carbons (Fsp3) is 0.0417. The van der Waals surface area contributed by atoms with Crippen molar-refractivity contribution in [1.29, 1.82) is 5.26 Å². The van der Waals surface area contributed by atoms with E-state index in [0.717, 1.165) is 38.9 Å². The maximum absolute atomic E-state index is 9.18. The highest BCUT2D eigenvalue weighted by Crippen LogP contribution is 2.23. The molecule has 0 spiro atoms. The first-order valence-corrected chi connectivity index (χ1v) is 9.10. The fourth-order valence-electron chi connectivity index (χ4n) is 3.14. The number of hydrogen-bond acceptors (Lipinski definition) is 4. The SMILES string of the molecule is C=c1cc(-c2ccc(-c3cnc[nH]3)cc2)o/c1=C(/C=C\C)c1cncc(C#N)c1. The van der Waals surface area contributed by atoms with Crippen LogP contribution in [0.1, 0.15) is 18.1 Å². The van der Waals surface area contributed by atoms with Crippen molar-refractivity contribution in [1.82, 2.24) is 15.0 Å². The highest BCUT2D eigenvalue weighted by Gasteiger charge is 2.09. The van der Waals surface area contributed by atoms with Crippen LogP contribution in [0.15, 0.2) is 77.9 Å². The minimum absolute atomic E-state index is 0.497. The van der Waals surface area contributed by atoms with Gasteiger partial charge in [0.05, 0.1) is 23.8 Å². The Labute approximate surface area is 168 Å². The van der Waals surface area contributed by atoms with Crippen LogP contribution in [-0.4, -0.2) is 15.0 Å². The summed E-state index contributed by atoms with van der Waals surface area (Å²) in [5.41, 5.74) is 5.76. The first-order valence-electron chi connectivity index (χ1n) is 9.10. The van der Waals surface area contributed by atoms with Crippen molar-refractivity contribution in [2.24, 2.45) is 0 Å². The molecule has 0 saturated heterocycles. The molecule has 3 aromatic heterocycles. The van der Waals surface area contributed by atoms with Crippen LogP contribution in [0.3, 0.4) is 0 Å². The van der Waals surface area contributed by atoms with E-state index in [-0.39, 0.29) is 0 Å². The monoisotopic (exact) mass is 378 g/mol. The first-order chi connectivity index (χ1) is 14.2. The molecule has 0 radical (unpaired) electrons. The zero-order chi connectivity index (χ0) is 20.2. The number of benzene rings is 1. The van der Waals surface area contributed by atoms with Crippen molar-refractivity contribution >= 4 is 12.2 Å². The molecular formula is C24H18N4O. The Bertz CT molecular complexity index is 1320. The number of nitrogens with zero attached hydrogens (tertiary/aromatic N) is 3. The average molecular weight is 378 g/mol. The number of hydrogen-bond donors (Lipinski definition) is 1. The summed E-state index contributed by atoms with van der Waals surface area (Å²) in [5, 5.41) is 9.95. The predicted molar refractivity (Wildman–Crippen MR) is 113 cm³/mol. The molecule has 5 nitrogen and oxygen atoms in total. The molecular weight excluding hydrogens is 360 g/mol. The van der Waals surface area contributed by atoms with E-state index in [1.807, 2.05) is 49.4 Å². The zero-order valence-corrected chi connectivity index (χ0v) is 15.9. The lowest BCUT2D eigenvalue weighted by molar-refractivity contribution is 0.543. The number of rotatable bonds is 4. The van der Waals surface area contributed by atoms with E-state index in [4.69, 9.17) is 4.42 Å². The van der Waals surface area contributed by atoms with Crippen molar-refractivity contribution in [2.75, 3.05) is 0 Å². The van der Waals surface area contributed by atoms with Crippen LogP contribution in [0.5, 0.6) is 0 Å². The maximum Gasteiger partial charge on any atom is 0.142 e. The van der Waals surface area contributed by atoms with E-state index in [0.29, 0.717) is 11.0 Å². The lowest BCUT2D eigenvalue weighted by Gasteiger charge is -2.02. The van der Waals surface area contributed by atoms with Gasteiger partial charge in [0.15, 0.2) is 0 Å². The van der Waals surface area contributed by atoms with Crippen molar-refractivity contribution in [3.8, 4) is 28.7 Å². The van der Waals surface area contributed by atoms with Gasteiger partial charge in [0.2, 0.25) is 0 Å². The largest absolute Gasteiger partial charge is 0.455 e. The van der Waals surface area contributed by atoms with E-state index in [1.165, 1.54) is 6.20 Å². The lowest BCUT2D eigenvalue weighted by atomic mass is 10.1. The molecule has 4 rings (SSSR count). The van der Waals surface area contributed by atoms with Crippen LogP contribution in [0.2, 0.25) is 0 Å². The second kappa shape index (κ2) is 7.83. The van der Waals surface area contributed by atoms with Crippen molar-refractivity contribution < 1.29 is 4.42 Å². The second-order valence-electron chi connectivity index (χ2n) is 6.50. The number of H-pyrrole nitrogens is 1. The first kappa shape index (κ1) is 18.2. The number of allylic oxidation sites excluding steroid dienone is 2. The number of nitriles is 1. The standard InChI is InChI=1S/C24H18N4O/c1-3-4-21(20-10-17(11-25)12-26-13-20)24-16(2)9-23(29-24)19-7-5-18(6-8-19)22-14-27-15-28-22/h3-10,12-15H,2H2,1H3,(H,27,28)/b4-3-,24-21-. The summed E-state index contributed by atoms with van der Waals surface area (Å²) in [6.07, 6.45) is 10.6. The third-order valence-electron chi connectivity index (χ3n) is 4.54. The Morgan fingerprint density at radius 2 is 1.90 bits per heavy atom. The minimum Gasteiger partial charge on any atom is -0.455 e. The molecule has 3 heterocycles. The summed E-state index contributed by atoms with van der Waals surface area (Å²) in [6.45, 7) is 6.08. The summed E-state index contributed by atoms with van der Waals surface area (Å²) < 4.78 is 6.19. The number of imidazole rings is 1. The third-order valence-corrected chi connectivity index (χ3v) is 4.54. The molecule has 0 fully saturated rings. The molecule has 140 valence electrons. The minimum atomic E-state index is 0.497. The van der Waals surface area contributed by atoms with Gasteiger partial charge in [-0.2, -0.15) is 5.26 Å². The predicted octanol–water partition coefficient (Wildman–Crippen LogP) is 3.79. The lowest BCUT2D eigenvalue weighted by Crippen LogP contribution is -2.20. The van der Waals surface area contributed by atoms with E-state index < -0.39 is 0 Å². The number of nitrogens with one attached hydrogen (secondary N) is 1. The van der Waals surface area contributed by atoms with E-state index in [1.54, 1.807) is 24.8 Å². The average Bonchev–Trinajstić information content (AvgIpc) is 3.42. The van der Waals surface area contributed by atoms with E-state index in [9.17, 15) is 5.26 Å². The molecule has 0 atom stereocenters. The van der Waals surface area contributed by atoms with E-state index >= 15 is 0 Å². The van der Waals surface area contributed by atoms with Crippen LogP contribution in [0, 0.1) is 11.3 Å². The molecule has 0 bridgehead atoms. The second-order valence-corrected chi connectivity index (χ2v) is 6.50. The smallest absolute Gasteiger partial charge is 0.142 e. The van der Waals surface area contributed by atoms with Crippen molar-refractivity contribution in [2.45, 2.75) is 6.92 Å². The molecule has 4 aromatic rings. The van der Waals surface area contributed by atoms with Crippen molar-refractivity contribution in [3.63, 3.8) is 0 Å². The number of aromatic amines is 1. The van der Waals surface area contributed by atoms with Gasteiger partial charge in [-0.3, -0.25) is 4.98 Å². The summed E-state index contributed by atoms with van der Waals surface area (Å²) in [4.78, 5) is 11.3. The summed E-state index contributed by atoms with van der Waals surface area (Å²) in [7, 11) is 0. The van der Waals surface area contributed by atoms with Crippen LogP contribution in [-0.2, 0) is 0 Å². The van der Waals surface area contributed by atoms with Gasteiger partial charge in [-0.05, 0) is 24.6 Å². The molecule has 0 aliphatic heterocycles. The maximum atomic E-state index is 9.18. The molecule has 0 aliphatic carbocycles. The van der Waals surface area contributed by atoms with Crippen LogP contribution in [0.25, 0.3) is 34.7 Å². The summed E-state index contributed by atoms with van der Waals surface area (Å²) in [6, 6.07) is 13.9. The molecule has 0 amide bonds. The van der Waals surface area contributed by atoms with Gasteiger partial charge in [0.1, 0.15) is 17.2 Å². The Hall–Kier alpha value is -4.17. The molecule has 0 aliphatic rings. The van der Waals surface area contributed by atoms with Gasteiger partial charge in [0.25, 0.3) is 0 Å². The Kier molecular flexibility index (Phi) is 4.91. The number of furan rings is 1. The Morgan fingerprint density at radius 3 is 2.59 bits per heavy atom. The molecule has 1 aromatic carbocycles. The molecule has 0 saturated carbocycles. The Balaban J connectivity index is 1.81. The third kappa shape index (κ3) is 3.64. The molecule has 29 heavy (non-hydrogen) atoms. The van der Waals surface area contributed by atoms with Gasteiger partial charge in [-0.25, -0.2) is 4.98 Å². The van der Waals surface area contributed by atoms with Crippen molar-refractivity contribution in [3.05, 3.63) is 95.2 Å². The van der Waals surface area contributed by atoms with E-state index in [2.05, 4.69) is 27.6 Å². The van der Waals surface area contributed by atoms with Gasteiger partial charge < -0.3 is 9.40 Å². The topological polar surface area (TPSA) is 78.5 Å². The van der Waals surface area contributed by atoms with Gasteiger partial charge in [0, 0.05) is 34.3 Å². The quantitative estimate of drug-likeness (QED) is 0.586. The number of pyridine rings is 1. The number of aromatic nitrogens is 3. The molecule has 1 N–H and O–H groups in total. The zero-order valence-electron chi connectivity index (χ0n) is 15.9. The molecule has 0 unspecified atom stereocenters. The summed E-state index contributed by atoms with van der Waals surface area (Å²) >= 11 is 0. The van der Waals surface area contributed by atoms with Crippen LogP contribution in [0.4, 0.5) is 0 Å². The summed E-state index contributed by atoms with van der Waals surface area (Å²) in [5.74, 6) is 0.729. The van der Waals surface area contributed by atoms with Gasteiger partial charge >= 0.3 is 0 Å². The highest BCUT2D eigenvalue weighted by atomic mass is 16.3. The van der Waals surface area contributed by atoms with Gasteiger partial charge in [-0.1, -0.05) is 43.0 Å². The molecule has 5 heteroatoms.